The molecule has 24 heavy (non-hydrogen) atoms. The summed E-state index contributed by atoms with van der Waals surface area (Å²) in [4.78, 5) is 12.3. The van der Waals surface area contributed by atoms with Gasteiger partial charge in [0.2, 0.25) is 0 Å². The van der Waals surface area contributed by atoms with Crippen LogP contribution in [-0.4, -0.2) is 31.2 Å². The lowest BCUT2D eigenvalue weighted by Gasteiger charge is -2.10. The lowest BCUT2D eigenvalue weighted by molar-refractivity contribution is 0.0817. The maximum absolute atomic E-state index is 13.7. The van der Waals surface area contributed by atoms with Gasteiger partial charge in [-0.3, -0.25) is 4.79 Å². The number of aromatic nitrogens is 5. The molecule has 1 atom stereocenters. The Morgan fingerprint density at radius 2 is 1.96 bits per heavy atom. The highest BCUT2D eigenvalue weighted by molar-refractivity contribution is 6.33. The fourth-order valence-corrected chi connectivity index (χ4v) is 2.40. The maximum atomic E-state index is 13.7. The summed E-state index contributed by atoms with van der Waals surface area (Å²) in [6, 6.07) is 4.55. The Kier molecular flexibility index (Phi) is 4.27. The molecule has 126 valence electrons. The molecule has 1 unspecified atom stereocenters. The summed E-state index contributed by atoms with van der Waals surface area (Å²) in [5.41, 5.74) is -0.738. The minimum absolute atomic E-state index is 0.0178. The molecule has 0 bridgehead atoms. The van der Waals surface area contributed by atoms with Gasteiger partial charge in [-0.2, -0.15) is 5.10 Å². The van der Waals surface area contributed by atoms with Crippen LogP contribution in [0.1, 0.15) is 18.5 Å². The van der Waals surface area contributed by atoms with Gasteiger partial charge < -0.3 is 0 Å². The van der Waals surface area contributed by atoms with Crippen molar-refractivity contribution in [2.75, 3.05) is 0 Å². The molecule has 0 spiro atoms. The van der Waals surface area contributed by atoms with Crippen LogP contribution in [0.2, 0.25) is 5.15 Å². The summed E-state index contributed by atoms with van der Waals surface area (Å²) >= 11 is 6.11. The zero-order valence-electron chi connectivity index (χ0n) is 12.3. The number of fused-ring (bicyclic) bond motifs is 1. The van der Waals surface area contributed by atoms with Crippen LogP contribution >= 0.6 is 11.6 Å². The molecule has 0 aliphatic heterocycles. The SMILES string of the molecule is CC(C(F)F)n1nnc2c(Cl)n(Cc3ccccc3F)nc2c1=O. The van der Waals surface area contributed by atoms with Crippen molar-refractivity contribution >= 4 is 22.6 Å². The molecular weight excluding hydrogens is 347 g/mol. The molecule has 3 rings (SSSR count). The molecule has 0 aliphatic rings. The van der Waals surface area contributed by atoms with E-state index in [-0.39, 0.29) is 22.7 Å². The highest BCUT2D eigenvalue weighted by atomic mass is 35.5. The molecule has 0 saturated heterocycles. The first-order valence-corrected chi connectivity index (χ1v) is 7.31. The summed E-state index contributed by atoms with van der Waals surface area (Å²) in [7, 11) is 0. The van der Waals surface area contributed by atoms with Gasteiger partial charge >= 0.3 is 0 Å². The molecule has 0 amide bonds. The molecule has 0 N–H and O–H groups in total. The Labute approximate surface area is 138 Å². The normalized spacial score (nSPS) is 12.9. The van der Waals surface area contributed by atoms with Gasteiger partial charge in [0.05, 0.1) is 6.54 Å². The number of hydrogen-bond acceptors (Lipinski definition) is 4. The van der Waals surface area contributed by atoms with Crippen molar-refractivity contribution in [2.45, 2.75) is 25.9 Å². The maximum Gasteiger partial charge on any atom is 0.298 e. The highest BCUT2D eigenvalue weighted by Gasteiger charge is 2.23. The van der Waals surface area contributed by atoms with Crippen molar-refractivity contribution in [3.8, 4) is 0 Å². The average molecular weight is 358 g/mol. The molecule has 2 heterocycles. The predicted molar refractivity (Wildman–Crippen MR) is 80.8 cm³/mol. The molecule has 2 aromatic heterocycles. The predicted octanol–water partition coefficient (Wildman–Crippen LogP) is 2.65. The van der Waals surface area contributed by atoms with Crippen LogP contribution in [0.3, 0.4) is 0 Å². The molecule has 0 saturated carbocycles. The number of rotatable bonds is 4. The first-order valence-electron chi connectivity index (χ1n) is 6.93. The second kappa shape index (κ2) is 6.23. The number of alkyl halides is 2. The molecule has 0 aliphatic carbocycles. The molecule has 6 nitrogen and oxygen atoms in total. The zero-order valence-corrected chi connectivity index (χ0v) is 13.1. The van der Waals surface area contributed by atoms with Crippen LogP contribution in [0, 0.1) is 5.82 Å². The molecule has 10 heteroatoms. The van der Waals surface area contributed by atoms with Crippen LogP contribution in [0.15, 0.2) is 29.1 Å². The quantitative estimate of drug-likeness (QED) is 0.720. The van der Waals surface area contributed by atoms with E-state index < -0.39 is 23.8 Å². The van der Waals surface area contributed by atoms with Gasteiger partial charge in [0, 0.05) is 5.56 Å². The number of halogens is 4. The van der Waals surface area contributed by atoms with Gasteiger partial charge in [0.15, 0.2) is 16.2 Å². The third-order valence-electron chi connectivity index (χ3n) is 3.55. The Hall–Kier alpha value is -2.42. The second-order valence-corrected chi connectivity index (χ2v) is 5.51. The van der Waals surface area contributed by atoms with E-state index in [0.29, 0.717) is 10.2 Å². The van der Waals surface area contributed by atoms with E-state index in [1.54, 1.807) is 12.1 Å². The van der Waals surface area contributed by atoms with Crippen LogP contribution in [0.4, 0.5) is 13.2 Å². The summed E-state index contributed by atoms with van der Waals surface area (Å²) in [5.74, 6) is -0.456. The monoisotopic (exact) mass is 357 g/mol. The summed E-state index contributed by atoms with van der Waals surface area (Å²) in [5, 5.41) is 11.2. The molecule has 0 fully saturated rings. The fraction of sp³-hybridized carbons (Fsp3) is 0.286. The van der Waals surface area contributed by atoms with E-state index in [2.05, 4.69) is 15.4 Å². The Morgan fingerprint density at radius 3 is 2.62 bits per heavy atom. The minimum Gasteiger partial charge on any atom is -0.265 e. The van der Waals surface area contributed by atoms with E-state index in [1.165, 1.54) is 16.8 Å². The lowest BCUT2D eigenvalue weighted by Crippen LogP contribution is -2.30. The largest absolute Gasteiger partial charge is 0.298 e. The minimum atomic E-state index is -2.79. The van der Waals surface area contributed by atoms with E-state index in [9.17, 15) is 18.0 Å². The number of benzene rings is 1. The Bertz CT molecular complexity index is 955. The van der Waals surface area contributed by atoms with Crippen LogP contribution in [0.5, 0.6) is 0 Å². The van der Waals surface area contributed by atoms with Crippen molar-refractivity contribution in [1.29, 1.82) is 0 Å². The van der Waals surface area contributed by atoms with Gasteiger partial charge in [-0.05, 0) is 13.0 Å². The Morgan fingerprint density at radius 1 is 1.25 bits per heavy atom. The first kappa shape index (κ1) is 16.4. The molecule has 1 aromatic carbocycles. The van der Waals surface area contributed by atoms with Crippen molar-refractivity contribution in [1.82, 2.24) is 24.8 Å². The van der Waals surface area contributed by atoms with E-state index >= 15 is 0 Å². The van der Waals surface area contributed by atoms with E-state index in [0.717, 1.165) is 6.92 Å². The van der Waals surface area contributed by atoms with Crippen molar-refractivity contribution in [3.63, 3.8) is 0 Å². The van der Waals surface area contributed by atoms with Gasteiger partial charge in [-0.15, -0.1) is 5.10 Å². The first-order chi connectivity index (χ1) is 11.4. The van der Waals surface area contributed by atoms with E-state index in [4.69, 9.17) is 11.6 Å². The van der Waals surface area contributed by atoms with E-state index in [1.807, 2.05) is 0 Å². The molecular formula is C14H11ClF3N5O. The topological polar surface area (TPSA) is 65.6 Å². The average Bonchev–Trinajstić information content (AvgIpc) is 2.87. The Balaban J connectivity index is 2.09. The van der Waals surface area contributed by atoms with Crippen LogP contribution < -0.4 is 5.56 Å². The van der Waals surface area contributed by atoms with Gasteiger partial charge in [0.1, 0.15) is 11.9 Å². The summed E-state index contributed by atoms with van der Waals surface area (Å²) in [6.45, 7) is 1.11. The van der Waals surface area contributed by atoms with Gasteiger partial charge in [-0.25, -0.2) is 22.5 Å². The number of hydrogen-bond donors (Lipinski definition) is 0. The van der Waals surface area contributed by atoms with Crippen molar-refractivity contribution < 1.29 is 13.2 Å². The molecule has 3 aromatic rings. The fourth-order valence-electron chi connectivity index (χ4n) is 2.17. The van der Waals surface area contributed by atoms with Crippen LogP contribution in [-0.2, 0) is 6.54 Å². The lowest BCUT2D eigenvalue weighted by atomic mass is 10.2. The smallest absolute Gasteiger partial charge is 0.265 e. The van der Waals surface area contributed by atoms with Crippen molar-refractivity contribution in [2.24, 2.45) is 0 Å². The van der Waals surface area contributed by atoms with Crippen molar-refractivity contribution in [3.05, 3.63) is 51.2 Å². The summed E-state index contributed by atoms with van der Waals surface area (Å²) in [6.07, 6.45) is -2.79. The number of nitrogens with zero attached hydrogens (tertiary/aromatic N) is 5. The van der Waals surface area contributed by atoms with Crippen LogP contribution in [0.25, 0.3) is 11.0 Å². The molecule has 0 radical (unpaired) electrons. The third kappa shape index (κ3) is 2.75. The highest BCUT2D eigenvalue weighted by Crippen LogP contribution is 2.21. The van der Waals surface area contributed by atoms with Gasteiger partial charge in [-0.1, -0.05) is 35.0 Å². The third-order valence-corrected chi connectivity index (χ3v) is 3.92. The summed E-state index contributed by atoms with van der Waals surface area (Å²) < 4.78 is 41.1. The standard InChI is InChI=1S/C14H11ClF3N5O/c1-7(13(17)18)23-14(24)11-10(19-21-23)12(15)22(20-11)6-8-4-2-3-5-9(8)16/h2-5,7,13H,6H2,1H3. The van der Waals surface area contributed by atoms with Gasteiger partial charge in [0.25, 0.3) is 12.0 Å². The second-order valence-electron chi connectivity index (χ2n) is 5.15. The zero-order chi connectivity index (χ0) is 17.4.